The van der Waals surface area contributed by atoms with Crippen LogP contribution in [0.3, 0.4) is 0 Å². The van der Waals surface area contributed by atoms with Gasteiger partial charge in [-0.25, -0.2) is 0 Å². The first kappa shape index (κ1) is 18.5. The molecule has 0 heterocycles. The van der Waals surface area contributed by atoms with E-state index >= 15 is 0 Å². The maximum absolute atomic E-state index is 11.7. The summed E-state index contributed by atoms with van der Waals surface area (Å²) in [5.74, 6) is 0.0710. The maximum Gasteiger partial charge on any atom is 0.310 e. The van der Waals surface area contributed by atoms with Crippen molar-refractivity contribution >= 4 is 39.6 Å². The Morgan fingerprint density at radius 1 is 1.04 bits per heavy atom. The van der Waals surface area contributed by atoms with Crippen LogP contribution in [0, 0.1) is 0 Å². The highest BCUT2D eigenvalue weighted by molar-refractivity contribution is 9.10. The molecule has 0 saturated carbocycles. The predicted octanol–water partition coefficient (Wildman–Crippen LogP) is 3.44. The van der Waals surface area contributed by atoms with Crippen molar-refractivity contribution in [3.8, 4) is 0 Å². The van der Waals surface area contributed by atoms with Gasteiger partial charge in [0.2, 0.25) is 0 Å². The molecule has 1 amide bonds. The zero-order chi connectivity index (χ0) is 17.2. The Balaban J connectivity index is 1.58. The summed E-state index contributed by atoms with van der Waals surface area (Å²) in [6.45, 7) is 0.286. The minimum Gasteiger partial charge on any atom is -0.455 e. The lowest BCUT2D eigenvalue weighted by atomic mass is 10.2. The van der Waals surface area contributed by atoms with Crippen LogP contribution in [0.4, 0.5) is 0 Å². The Labute approximate surface area is 154 Å². The molecule has 0 bridgehead atoms. The maximum atomic E-state index is 11.7. The number of esters is 1. The van der Waals surface area contributed by atoms with E-state index in [0.717, 1.165) is 20.7 Å². The molecule has 0 aliphatic carbocycles. The Kier molecular flexibility index (Phi) is 7.85. The van der Waals surface area contributed by atoms with Gasteiger partial charge >= 0.3 is 5.97 Å². The molecule has 0 saturated heterocycles. The summed E-state index contributed by atoms with van der Waals surface area (Å²) in [7, 11) is 0. The van der Waals surface area contributed by atoms with Crippen molar-refractivity contribution in [3.63, 3.8) is 0 Å². The average Bonchev–Trinajstić information content (AvgIpc) is 2.60. The second-order valence-corrected chi connectivity index (χ2v) is 7.06. The second kappa shape index (κ2) is 10.2. The van der Waals surface area contributed by atoms with E-state index in [1.165, 1.54) is 0 Å². The fourth-order valence-corrected chi connectivity index (χ4v) is 2.95. The van der Waals surface area contributed by atoms with Gasteiger partial charge in [0.25, 0.3) is 5.91 Å². The first-order chi connectivity index (χ1) is 11.6. The molecule has 2 aromatic rings. The SMILES string of the molecule is O=C(COC(=O)Cc1ccc(Br)cc1)NCCSc1ccccc1. The van der Waals surface area contributed by atoms with E-state index in [4.69, 9.17) is 4.74 Å². The van der Waals surface area contributed by atoms with Crippen molar-refractivity contribution in [2.75, 3.05) is 18.9 Å². The van der Waals surface area contributed by atoms with Gasteiger partial charge in [-0.3, -0.25) is 9.59 Å². The molecular weight excluding hydrogens is 390 g/mol. The minimum absolute atomic E-state index is 0.157. The van der Waals surface area contributed by atoms with Gasteiger partial charge in [0.15, 0.2) is 6.61 Å². The van der Waals surface area contributed by atoms with Crippen LogP contribution in [0.25, 0.3) is 0 Å². The molecule has 0 spiro atoms. The number of halogens is 1. The van der Waals surface area contributed by atoms with Crippen molar-refractivity contribution in [2.24, 2.45) is 0 Å². The molecule has 0 aliphatic rings. The number of ether oxygens (including phenoxy) is 1. The Hall–Kier alpha value is -1.79. The summed E-state index contributed by atoms with van der Waals surface area (Å²) in [4.78, 5) is 24.5. The standard InChI is InChI=1S/C18H18BrNO3S/c19-15-8-6-14(7-9-15)12-18(22)23-13-17(21)20-10-11-24-16-4-2-1-3-5-16/h1-9H,10-13H2,(H,20,21). The lowest BCUT2D eigenvalue weighted by molar-refractivity contribution is -0.147. The number of hydrogen-bond donors (Lipinski definition) is 1. The van der Waals surface area contributed by atoms with Crippen LogP contribution < -0.4 is 5.32 Å². The minimum atomic E-state index is -0.411. The highest BCUT2D eigenvalue weighted by atomic mass is 79.9. The second-order valence-electron chi connectivity index (χ2n) is 4.98. The number of benzene rings is 2. The molecular formula is C18H18BrNO3S. The van der Waals surface area contributed by atoms with Crippen molar-refractivity contribution < 1.29 is 14.3 Å². The molecule has 24 heavy (non-hydrogen) atoms. The number of carbonyl (C=O) groups excluding carboxylic acids is 2. The molecule has 2 aromatic carbocycles. The van der Waals surface area contributed by atoms with Gasteiger partial charge in [-0.1, -0.05) is 46.3 Å². The highest BCUT2D eigenvalue weighted by Gasteiger charge is 2.08. The van der Waals surface area contributed by atoms with Crippen LogP contribution in [0.5, 0.6) is 0 Å². The molecule has 4 nitrogen and oxygen atoms in total. The van der Waals surface area contributed by atoms with E-state index in [1.54, 1.807) is 11.8 Å². The van der Waals surface area contributed by atoms with Crippen molar-refractivity contribution in [2.45, 2.75) is 11.3 Å². The van der Waals surface area contributed by atoms with Gasteiger partial charge in [-0.2, -0.15) is 0 Å². The summed E-state index contributed by atoms with van der Waals surface area (Å²) in [5, 5.41) is 2.74. The summed E-state index contributed by atoms with van der Waals surface area (Å²) < 4.78 is 5.94. The fraction of sp³-hybridized carbons (Fsp3) is 0.222. The number of carbonyl (C=O) groups is 2. The fourth-order valence-electron chi connectivity index (χ4n) is 1.89. The zero-order valence-electron chi connectivity index (χ0n) is 13.0. The van der Waals surface area contributed by atoms with Crippen LogP contribution in [-0.4, -0.2) is 30.8 Å². The van der Waals surface area contributed by atoms with Gasteiger partial charge in [-0.15, -0.1) is 11.8 Å². The number of thioether (sulfide) groups is 1. The predicted molar refractivity (Wildman–Crippen MR) is 99.0 cm³/mol. The van der Waals surface area contributed by atoms with E-state index < -0.39 is 5.97 Å². The number of hydrogen-bond acceptors (Lipinski definition) is 4. The lowest BCUT2D eigenvalue weighted by Crippen LogP contribution is -2.30. The molecule has 0 atom stereocenters. The summed E-state index contributed by atoms with van der Waals surface area (Å²) in [6, 6.07) is 17.4. The molecule has 2 rings (SSSR count). The molecule has 1 N–H and O–H groups in total. The molecule has 6 heteroatoms. The molecule has 126 valence electrons. The lowest BCUT2D eigenvalue weighted by Gasteiger charge is -2.07. The Morgan fingerprint density at radius 2 is 1.75 bits per heavy atom. The molecule has 0 radical (unpaired) electrons. The van der Waals surface area contributed by atoms with Crippen LogP contribution >= 0.6 is 27.7 Å². The summed E-state index contributed by atoms with van der Waals surface area (Å²) in [6.07, 6.45) is 0.157. The first-order valence-electron chi connectivity index (χ1n) is 7.48. The van der Waals surface area contributed by atoms with Gasteiger partial charge in [-0.05, 0) is 29.8 Å². The third-order valence-corrected chi connectivity index (χ3v) is 4.60. The number of amides is 1. The molecule has 0 aromatic heterocycles. The molecule has 0 fully saturated rings. The van der Waals surface area contributed by atoms with E-state index in [-0.39, 0.29) is 18.9 Å². The van der Waals surface area contributed by atoms with Crippen LogP contribution in [0.1, 0.15) is 5.56 Å². The topological polar surface area (TPSA) is 55.4 Å². The highest BCUT2D eigenvalue weighted by Crippen LogP contribution is 2.15. The smallest absolute Gasteiger partial charge is 0.310 e. The van der Waals surface area contributed by atoms with Gasteiger partial charge in [0, 0.05) is 21.7 Å². The van der Waals surface area contributed by atoms with Crippen LogP contribution in [0.2, 0.25) is 0 Å². The van der Waals surface area contributed by atoms with Gasteiger partial charge in [0.1, 0.15) is 0 Å². The van der Waals surface area contributed by atoms with Crippen molar-refractivity contribution in [1.82, 2.24) is 5.32 Å². The summed E-state index contributed by atoms with van der Waals surface area (Å²) >= 11 is 5.00. The van der Waals surface area contributed by atoms with Crippen LogP contribution in [0.15, 0.2) is 64.0 Å². The van der Waals surface area contributed by atoms with E-state index in [9.17, 15) is 9.59 Å². The molecule has 0 unspecified atom stereocenters. The normalized spacial score (nSPS) is 10.2. The Bertz CT molecular complexity index is 662. The quantitative estimate of drug-likeness (QED) is 0.413. The van der Waals surface area contributed by atoms with Crippen LogP contribution in [-0.2, 0) is 20.7 Å². The Morgan fingerprint density at radius 3 is 2.46 bits per heavy atom. The average molecular weight is 408 g/mol. The monoisotopic (exact) mass is 407 g/mol. The first-order valence-corrected chi connectivity index (χ1v) is 9.26. The summed E-state index contributed by atoms with van der Waals surface area (Å²) in [5.41, 5.74) is 0.850. The van der Waals surface area contributed by atoms with E-state index in [0.29, 0.717) is 6.54 Å². The molecule has 0 aliphatic heterocycles. The van der Waals surface area contributed by atoms with E-state index in [1.807, 2.05) is 54.6 Å². The third-order valence-electron chi connectivity index (χ3n) is 3.06. The van der Waals surface area contributed by atoms with Gasteiger partial charge < -0.3 is 10.1 Å². The number of rotatable bonds is 8. The van der Waals surface area contributed by atoms with E-state index in [2.05, 4.69) is 21.2 Å². The van der Waals surface area contributed by atoms with Crippen molar-refractivity contribution in [3.05, 3.63) is 64.6 Å². The third kappa shape index (κ3) is 7.19. The van der Waals surface area contributed by atoms with Crippen molar-refractivity contribution in [1.29, 1.82) is 0 Å². The largest absolute Gasteiger partial charge is 0.455 e. The number of nitrogens with one attached hydrogen (secondary N) is 1. The zero-order valence-corrected chi connectivity index (χ0v) is 15.4. The van der Waals surface area contributed by atoms with Gasteiger partial charge in [0.05, 0.1) is 6.42 Å².